The third-order valence-electron chi connectivity index (χ3n) is 3.53. The molecular weight excluding hydrogens is 340 g/mol. The number of hydrogen-bond donors (Lipinski definition) is 1. The van der Waals surface area contributed by atoms with E-state index in [-0.39, 0.29) is 18.0 Å². The molecular formula is C17H14N4O3S. The highest BCUT2D eigenvalue weighted by Gasteiger charge is 2.32. The number of thioether (sulfide) groups is 1. The Morgan fingerprint density at radius 1 is 1.16 bits per heavy atom. The van der Waals surface area contributed by atoms with Gasteiger partial charge in [-0.15, -0.1) is 5.10 Å². The monoisotopic (exact) mass is 354 g/mol. The molecule has 1 fully saturated rings. The van der Waals surface area contributed by atoms with Crippen molar-refractivity contribution < 1.29 is 9.72 Å². The molecule has 0 bridgehead atoms. The molecule has 1 aliphatic rings. The number of carbonyl (C=O) groups excluding carboxylic acids is 1. The van der Waals surface area contributed by atoms with Crippen molar-refractivity contribution in [2.45, 2.75) is 11.7 Å². The van der Waals surface area contributed by atoms with Gasteiger partial charge in [0.1, 0.15) is 0 Å². The topological polar surface area (TPSA) is 97.0 Å². The van der Waals surface area contributed by atoms with Crippen molar-refractivity contribution in [3.63, 3.8) is 0 Å². The lowest BCUT2D eigenvalue weighted by molar-refractivity contribution is -0.385. The summed E-state index contributed by atoms with van der Waals surface area (Å²) in [6.45, 7) is 0. The van der Waals surface area contributed by atoms with E-state index in [1.807, 2.05) is 30.3 Å². The van der Waals surface area contributed by atoms with Crippen LogP contribution in [0.25, 0.3) is 0 Å². The fraction of sp³-hybridized carbons (Fsp3) is 0.118. The molecule has 1 heterocycles. The summed E-state index contributed by atoms with van der Waals surface area (Å²) < 4.78 is 0. The second-order valence-corrected chi connectivity index (χ2v) is 6.44. The van der Waals surface area contributed by atoms with Gasteiger partial charge >= 0.3 is 0 Å². The van der Waals surface area contributed by atoms with Crippen LogP contribution in [-0.2, 0) is 11.2 Å². The number of amidine groups is 1. The van der Waals surface area contributed by atoms with Crippen molar-refractivity contribution in [1.29, 1.82) is 0 Å². The van der Waals surface area contributed by atoms with Crippen LogP contribution < -0.4 is 5.32 Å². The average molecular weight is 354 g/mol. The van der Waals surface area contributed by atoms with Gasteiger partial charge in [0.15, 0.2) is 5.17 Å². The lowest BCUT2D eigenvalue weighted by Crippen LogP contribution is -2.26. The van der Waals surface area contributed by atoms with E-state index in [4.69, 9.17) is 0 Å². The molecule has 0 unspecified atom stereocenters. The van der Waals surface area contributed by atoms with E-state index < -0.39 is 10.2 Å². The molecule has 1 atom stereocenters. The maximum Gasteiger partial charge on any atom is 0.272 e. The fourth-order valence-electron chi connectivity index (χ4n) is 2.33. The molecule has 0 aliphatic carbocycles. The number of para-hydroxylation sites is 1. The summed E-state index contributed by atoms with van der Waals surface area (Å²) in [4.78, 5) is 22.7. The minimum absolute atomic E-state index is 0.0170. The Labute approximate surface area is 148 Å². The Bertz CT molecular complexity index is 852. The second-order valence-electron chi connectivity index (χ2n) is 5.25. The summed E-state index contributed by atoms with van der Waals surface area (Å²) >= 11 is 1.22. The predicted molar refractivity (Wildman–Crippen MR) is 97.8 cm³/mol. The Hall–Kier alpha value is -3.00. The molecule has 7 nitrogen and oxygen atoms in total. The molecule has 1 saturated heterocycles. The summed E-state index contributed by atoms with van der Waals surface area (Å²) in [6, 6.07) is 15.9. The first-order chi connectivity index (χ1) is 12.1. The highest BCUT2D eigenvalue weighted by Crippen LogP contribution is 2.27. The summed E-state index contributed by atoms with van der Waals surface area (Å²) in [5.41, 5.74) is 1.44. The summed E-state index contributed by atoms with van der Waals surface area (Å²) in [6.07, 6.45) is 1.85. The molecule has 25 heavy (non-hydrogen) atoms. The number of nitrogens with one attached hydrogen (secondary N) is 1. The highest BCUT2D eigenvalue weighted by atomic mass is 32.2. The van der Waals surface area contributed by atoms with Gasteiger partial charge in [0, 0.05) is 18.1 Å². The van der Waals surface area contributed by atoms with Crippen LogP contribution in [0.5, 0.6) is 0 Å². The molecule has 0 saturated carbocycles. The molecule has 0 aromatic heterocycles. The highest BCUT2D eigenvalue weighted by molar-refractivity contribution is 8.15. The van der Waals surface area contributed by atoms with E-state index in [1.165, 1.54) is 17.8 Å². The number of nitro benzene ring substituents is 1. The fourth-order valence-corrected chi connectivity index (χ4v) is 3.29. The number of hydrogen-bond acceptors (Lipinski definition) is 6. The zero-order chi connectivity index (χ0) is 17.6. The van der Waals surface area contributed by atoms with E-state index in [2.05, 4.69) is 15.5 Å². The Morgan fingerprint density at radius 3 is 2.64 bits per heavy atom. The standard InChI is InChI=1S/C17H14N4O3S/c22-16-15(10-13-8-4-5-9-14(13)21(23)24)25-17(19-16)20-18-11-12-6-2-1-3-7-12/h1-9,11,15H,10H2,(H,19,20,22)/b18-11+/t15-/m1/s1. The summed E-state index contributed by atoms with van der Waals surface area (Å²) in [7, 11) is 0. The van der Waals surface area contributed by atoms with E-state index in [0.717, 1.165) is 5.56 Å². The zero-order valence-electron chi connectivity index (χ0n) is 13.0. The first kappa shape index (κ1) is 16.8. The van der Waals surface area contributed by atoms with E-state index in [9.17, 15) is 14.9 Å². The summed E-state index contributed by atoms with van der Waals surface area (Å²) in [5.74, 6) is -0.225. The van der Waals surface area contributed by atoms with Crippen molar-refractivity contribution in [3.05, 3.63) is 75.8 Å². The van der Waals surface area contributed by atoms with Gasteiger partial charge in [0.25, 0.3) is 5.69 Å². The number of rotatable bonds is 5. The lowest BCUT2D eigenvalue weighted by Gasteiger charge is -2.05. The Kier molecular flexibility index (Phi) is 5.20. The quantitative estimate of drug-likeness (QED) is 0.507. The SMILES string of the molecule is O=C1N/C(=N\N=C\c2ccccc2)S[C@@H]1Cc1ccccc1[N+](=O)[O-]. The van der Waals surface area contributed by atoms with Crippen molar-refractivity contribution in [1.82, 2.24) is 5.32 Å². The molecule has 2 aromatic rings. The normalized spacial score (nSPS) is 18.6. The molecule has 2 aromatic carbocycles. The lowest BCUT2D eigenvalue weighted by atomic mass is 10.1. The zero-order valence-corrected chi connectivity index (χ0v) is 13.8. The van der Waals surface area contributed by atoms with Gasteiger partial charge in [-0.25, -0.2) is 0 Å². The van der Waals surface area contributed by atoms with Crippen LogP contribution in [-0.4, -0.2) is 27.5 Å². The molecule has 1 N–H and O–H groups in total. The smallest absolute Gasteiger partial charge is 0.272 e. The predicted octanol–water partition coefficient (Wildman–Crippen LogP) is 2.76. The van der Waals surface area contributed by atoms with E-state index >= 15 is 0 Å². The molecule has 0 radical (unpaired) electrons. The number of nitrogens with zero attached hydrogens (tertiary/aromatic N) is 3. The first-order valence-corrected chi connectivity index (χ1v) is 8.37. The van der Waals surface area contributed by atoms with Gasteiger partial charge in [0.2, 0.25) is 5.91 Å². The third-order valence-corrected chi connectivity index (χ3v) is 4.60. The van der Waals surface area contributed by atoms with Gasteiger partial charge in [-0.3, -0.25) is 14.9 Å². The van der Waals surface area contributed by atoms with Crippen LogP contribution in [0.4, 0.5) is 5.69 Å². The minimum atomic E-state index is -0.466. The number of carbonyl (C=O) groups is 1. The van der Waals surface area contributed by atoms with Crippen LogP contribution in [0.3, 0.4) is 0 Å². The van der Waals surface area contributed by atoms with Crippen LogP contribution in [0.15, 0.2) is 64.8 Å². The number of benzene rings is 2. The van der Waals surface area contributed by atoms with Gasteiger partial charge in [-0.2, -0.15) is 5.10 Å². The third kappa shape index (κ3) is 4.30. The Morgan fingerprint density at radius 2 is 1.88 bits per heavy atom. The average Bonchev–Trinajstić information content (AvgIpc) is 2.96. The molecule has 126 valence electrons. The molecule has 8 heteroatoms. The molecule has 3 rings (SSSR count). The van der Waals surface area contributed by atoms with Crippen molar-refractivity contribution in [2.24, 2.45) is 10.2 Å². The van der Waals surface area contributed by atoms with E-state index in [1.54, 1.807) is 24.4 Å². The van der Waals surface area contributed by atoms with Crippen LogP contribution in [0.1, 0.15) is 11.1 Å². The molecule has 1 aliphatic heterocycles. The minimum Gasteiger partial charge on any atom is -0.303 e. The van der Waals surface area contributed by atoms with Crippen LogP contribution in [0, 0.1) is 10.1 Å². The number of amides is 1. The van der Waals surface area contributed by atoms with Crippen LogP contribution >= 0.6 is 11.8 Å². The Balaban J connectivity index is 1.68. The summed E-state index contributed by atoms with van der Waals surface area (Å²) in [5, 5.41) is 21.6. The van der Waals surface area contributed by atoms with Crippen molar-refractivity contribution in [2.75, 3.05) is 0 Å². The van der Waals surface area contributed by atoms with Gasteiger partial charge in [-0.05, 0) is 5.56 Å². The van der Waals surface area contributed by atoms with E-state index in [0.29, 0.717) is 10.7 Å². The first-order valence-electron chi connectivity index (χ1n) is 7.49. The van der Waals surface area contributed by atoms with Gasteiger partial charge in [-0.1, -0.05) is 60.3 Å². The van der Waals surface area contributed by atoms with Crippen LogP contribution in [0.2, 0.25) is 0 Å². The maximum absolute atomic E-state index is 12.1. The maximum atomic E-state index is 12.1. The molecule has 0 spiro atoms. The van der Waals surface area contributed by atoms with Crippen molar-refractivity contribution >= 4 is 34.7 Å². The largest absolute Gasteiger partial charge is 0.303 e. The molecule has 1 amide bonds. The number of nitro groups is 1. The van der Waals surface area contributed by atoms with Gasteiger partial charge < -0.3 is 5.32 Å². The van der Waals surface area contributed by atoms with Crippen molar-refractivity contribution in [3.8, 4) is 0 Å². The second kappa shape index (κ2) is 7.71. The van der Waals surface area contributed by atoms with Gasteiger partial charge in [0.05, 0.1) is 16.4 Å².